The van der Waals surface area contributed by atoms with E-state index in [0.29, 0.717) is 5.56 Å². The largest absolute Gasteiger partial charge is 0.507 e. The van der Waals surface area contributed by atoms with Crippen LogP contribution < -0.4 is 9.47 Å². The van der Waals surface area contributed by atoms with E-state index in [9.17, 15) is 20.4 Å². The zero-order chi connectivity index (χ0) is 17.4. The second-order valence-corrected chi connectivity index (χ2v) is 5.18. The van der Waals surface area contributed by atoms with Gasteiger partial charge >= 0.3 is 0 Å². The maximum Gasteiger partial charge on any atom is 0.200 e. The zero-order valence-corrected chi connectivity index (χ0v) is 13.0. The van der Waals surface area contributed by atoms with Gasteiger partial charge in [-0.3, -0.25) is 0 Å². The van der Waals surface area contributed by atoms with Crippen molar-refractivity contribution >= 4 is 5.76 Å². The maximum atomic E-state index is 10.2. The molecule has 1 aromatic carbocycles. The number of rotatable bonds is 3. The van der Waals surface area contributed by atoms with Crippen LogP contribution in [0.1, 0.15) is 5.56 Å². The highest BCUT2D eigenvalue weighted by atomic mass is 16.5. The first-order valence-electron chi connectivity index (χ1n) is 7.04. The Morgan fingerprint density at radius 3 is 2.21 bits per heavy atom. The van der Waals surface area contributed by atoms with Crippen molar-refractivity contribution in [2.45, 2.75) is 6.10 Å². The highest BCUT2D eigenvalue weighted by Crippen LogP contribution is 2.42. The fraction of sp³-hybridized carbons (Fsp3) is 0.176. The molecule has 0 aromatic heterocycles. The van der Waals surface area contributed by atoms with Crippen molar-refractivity contribution in [3.8, 4) is 17.2 Å². The predicted molar refractivity (Wildman–Crippen MR) is 84.7 cm³/mol. The monoisotopic (exact) mass is 332 g/mol. The summed E-state index contributed by atoms with van der Waals surface area (Å²) in [6.45, 7) is 0. The van der Waals surface area contributed by atoms with Gasteiger partial charge in [-0.1, -0.05) is 0 Å². The highest BCUT2D eigenvalue weighted by Gasteiger charge is 2.28. The van der Waals surface area contributed by atoms with Crippen LogP contribution in [0.5, 0.6) is 17.2 Å². The normalized spacial score (nSPS) is 19.6. The van der Waals surface area contributed by atoms with Crippen molar-refractivity contribution in [2.24, 2.45) is 0 Å². The molecule has 0 fully saturated rings. The lowest BCUT2D eigenvalue weighted by atomic mass is 9.99. The molecule has 1 aliphatic heterocycles. The fourth-order valence-corrected chi connectivity index (χ4v) is 2.50. The minimum atomic E-state index is -0.998. The number of hydrogen-bond acceptors (Lipinski definition) is 7. The van der Waals surface area contributed by atoms with Gasteiger partial charge in [0.25, 0.3) is 0 Å². The number of allylic oxidation sites excluding steroid dienone is 1. The first-order valence-corrected chi connectivity index (χ1v) is 7.04. The molecule has 1 aliphatic carbocycles. The Morgan fingerprint density at radius 2 is 1.62 bits per heavy atom. The maximum absolute atomic E-state index is 10.2. The van der Waals surface area contributed by atoms with E-state index in [1.54, 1.807) is 0 Å². The summed E-state index contributed by atoms with van der Waals surface area (Å²) in [4.78, 5) is 0. The van der Waals surface area contributed by atoms with Crippen molar-refractivity contribution in [3.63, 3.8) is 0 Å². The quantitative estimate of drug-likeness (QED) is 0.672. The van der Waals surface area contributed by atoms with Crippen molar-refractivity contribution in [3.05, 3.63) is 58.8 Å². The molecule has 1 aromatic rings. The van der Waals surface area contributed by atoms with E-state index in [-0.39, 0.29) is 45.9 Å². The topological polar surface area (TPSA) is 109 Å². The molecule has 126 valence electrons. The number of aliphatic hydroxyl groups is 3. The third kappa shape index (κ3) is 2.55. The van der Waals surface area contributed by atoms with Gasteiger partial charge in [-0.25, -0.2) is 0 Å². The van der Waals surface area contributed by atoms with Crippen LogP contribution in [0, 0.1) is 0 Å². The van der Waals surface area contributed by atoms with Gasteiger partial charge in [-0.2, -0.15) is 0 Å². The third-order valence-corrected chi connectivity index (χ3v) is 3.66. The number of phenols is 1. The number of benzene rings is 1. The van der Waals surface area contributed by atoms with Crippen LogP contribution >= 0.6 is 0 Å². The standard InChI is InChI=1S/C17H16O7/c1-22-14-3-8(4-15(23-2)16(14)21)17-12(20)7-10-11(19)5-9(18)6-13(10)24-17/h3-7,9,18-21H,1-2H3. The molecule has 1 unspecified atom stereocenters. The second kappa shape index (κ2) is 5.86. The molecule has 0 spiro atoms. The van der Waals surface area contributed by atoms with Gasteiger partial charge in [0, 0.05) is 5.56 Å². The van der Waals surface area contributed by atoms with E-state index >= 15 is 0 Å². The van der Waals surface area contributed by atoms with E-state index in [0.717, 1.165) is 0 Å². The summed E-state index contributed by atoms with van der Waals surface area (Å²) in [6, 6.07) is 2.94. The summed E-state index contributed by atoms with van der Waals surface area (Å²) < 4.78 is 15.8. The molecule has 0 saturated carbocycles. The number of aromatic hydroxyl groups is 1. The SMILES string of the molecule is COc1cc(C2=C(O)C=C3C(O)=CC(O)C=C3O2)cc(OC)c1O. The van der Waals surface area contributed by atoms with Gasteiger partial charge in [0.2, 0.25) is 5.75 Å². The Balaban J connectivity index is 2.12. The molecule has 1 heterocycles. The van der Waals surface area contributed by atoms with E-state index in [2.05, 4.69) is 0 Å². The second-order valence-electron chi connectivity index (χ2n) is 5.18. The molecule has 0 saturated heterocycles. The Bertz CT molecular complexity index is 789. The first kappa shape index (κ1) is 15.8. The van der Waals surface area contributed by atoms with Gasteiger partial charge < -0.3 is 34.6 Å². The Kier molecular flexibility index (Phi) is 3.86. The average molecular weight is 332 g/mol. The molecule has 1 atom stereocenters. The highest BCUT2D eigenvalue weighted by molar-refractivity contribution is 5.73. The molecule has 24 heavy (non-hydrogen) atoms. The van der Waals surface area contributed by atoms with Crippen LogP contribution in [0.2, 0.25) is 0 Å². The molecule has 3 rings (SSSR count). The number of phenolic OH excluding ortho intramolecular Hbond substituents is 1. The Morgan fingerprint density at radius 1 is 1.00 bits per heavy atom. The van der Waals surface area contributed by atoms with Crippen LogP contribution in [0.25, 0.3) is 5.76 Å². The Hall–Kier alpha value is -3.06. The Labute approximate surface area is 137 Å². The minimum absolute atomic E-state index is 0.0727. The molecule has 0 bridgehead atoms. The summed E-state index contributed by atoms with van der Waals surface area (Å²) in [5, 5.41) is 39.7. The summed E-state index contributed by atoms with van der Waals surface area (Å²) in [5.74, 6) is -0.0276. The van der Waals surface area contributed by atoms with Crippen molar-refractivity contribution < 1.29 is 34.6 Å². The van der Waals surface area contributed by atoms with Crippen LogP contribution in [-0.4, -0.2) is 40.7 Å². The number of ether oxygens (including phenoxy) is 3. The van der Waals surface area contributed by atoms with E-state index in [1.165, 1.54) is 44.6 Å². The summed E-state index contributed by atoms with van der Waals surface area (Å²) in [6.07, 6.45) is 2.95. The van der Waals surface area contributed by atoms with Gasteiger partial charge in [-0.05, 0) is 30.4 Å². The first-order chi connectivity index (χ1) is 11.4. The fourth-order valence-electron chi connectivity index (χ4n) is 2.50. The van der Waals surface area contributed by atoms with Crippen LogP contribution in [0.4, 0.5) is 0 Å². The summed E-state index contributed by atoms with van der Waals surface area (Å²) >= 11 is 0. The molecule has 2 aliphatic rings. The number of methoxy groups -OCH3 is 2. The average Bonchev–Trinajstić information content (AvgIpc) is 2.55. The molecule has 7 heteroatoms. The lowest BCUT2D eigenvalue weighted by Crippen LogP contribution is -2.15. The number of fused-ring (bicyclic) bond motifs is 1. The molecular weight excluding hydrogens is 316 g/mol. The van der Waals surface area contributed by atoms with Gasteiger partial charge in [0.15, 0.2) is 23.0 Å². The molecule has 0 radical (unpaired) electrons. The van der Waals surface area contributed by atoms with Gasteiger partial charge in [0.05, 0.1) is 25.9 Å². The van der Waals surface area contributed by atoms with E-state index in [1.807, 2.05) is 0 Å². The number of aliphatic hydroxyl groups excluding tert-OH is 3. The van der Waals surface area contributed by atoms with Crippen LogP contribution in [0.15, 0.2) is 53.2 Å². The molecule has 4 N–H and O–H groups in total. The van der Waals surface area contributed by atoms with E-state index in [4.69, 9.17) is 14.2 Å². The van der Waals surface area contributed by atoms with Gasteiger partial charge in [0.1, 0.15) is 11.5 Å². The lowest BCUT2D eigenvalue weighted by molar-refractivity contribution is 0.245. The predicted octanol–water partition coefficient (Wildman–Crippen LogP) is 2.29. The smallest absolute Gasteiger partial charge is 0.200 e. The van der Waals surface area contributed by atoms with Crippen LogP contribution in [-0.2, 0) is 4.74 Å². The van der Waals surface area contributed by atoms with Crippen LogP contribution in [0.3, 0.4) is 0 Å². The van der Waals surface area contributed by atoms with Crippen molar-refractivity contribution in [1.82, 2.24) is 0 Å². The number of hydrogen-bond donors (Lipinski definition) is 4. The van der Waals surface area contributed by atoms with Crippen molar-refractivity contribution in [2.75, 3.05) is 14.2 Å². The molecule has 7 nitrogen and oxygen atoms in total. The van der Waals surface area contributed by atoms with Gasteiger partial charge in [-0.15, -0.1) is 0 Å². The third-order valence-electron chi connectivity index (χ3n) is 3.66. The van der Waals surface area contributed by atoms with E-state index < -0.39 is 6.10 Å². The lowest BCUT2D eigenvalue weighted by Gasteiger charge is -2.24. The zero-order valence-electron chi connectivity index (χ0n) is 13.0. The summed E-state index contributed by atoms with van der Waals surface area (Å²) in [5.41, 5.74) is 0.651. The van der Waals surface area contributed by atoms with Crippen molar-refractivity contribution in [1.29, 1.82) is 0 Å². The summed E-state index contributed by atoms with van der Waals surface area (Å²) in [7, 11) is 2.77. The molecular formula is C17H16O7. The minimum Gasteiger partial charge on any atom is -0.507 e. The molecule has 0 amide bonds.